The topological polar surface area (TPSA) is 54.4 Å². The Morgan fingerprint density at radius 1 is 0.667 bits per heavy atom. The Hall–Kier alpha value is -2.42. The van der Waals surface area contributed by atoms with Gasteiger partial charge in [-0.3, -0.25) is 9.59 Å². The van der Waals surface area contributed by atoms with Crippen LogP contribution in [0.3, 0.4) is 0 Å². The summed E-state index contributed by atoms with van der Waals surface area (Å²) in [5, 5.41) is 8.56. The Balaban J connectivity index is 1.72. The number of carbonyl (C=O) groups is 2. The first-order chi connectivity index (χ1) is 11.7. The Kier molecular flexibility index (Phi) is 7.21. The first-order valence-electron chi connectivity index (χ1n) is 8.57. The molecule has 0 bridgehead atoms. The zero-order chi connectivity index (χ0) is 17.2. The molecule has 2 rings (SSSR count). The van der Waals surface area contributed by atoms with Crippen molar-refractivity contribution >= 4 is 11.8 Å². The summed E-state index contributed by atoms with van der Waals surface area (Å²) in [7, 11) is 0. The van der Waals surface area contributed by atoms with Crippen molar-refractivity contribution in [2.45, 2.75) is 44.9 Å². The second kappa shape index (κ2) is 9.66. The lowest BCUT2D eigenvalue weighted by Gasteiger charge is -2.04. The van der Waals surface area contributed by atoms with Crippen molar-refractivity contribution in [1.82, 2.24) is 0 Å². The number of hydrogen-bond acceptors (Lipinski definition) is 2. The molecule has 0 saturated heterocycles. The van der Waals surface area contributed by atoms with Crippen molar-refractivity contribution in [3.8, 4) is 11.1 Å². The van der Waals surface area contributed by atoms with E-state index in [4.69, 9.17) is 5.11 Å². The second-order valence-corrected chi connectivity index (χ2v) is 6.03. The number of benzene rings is 2. The molecule has 24 heavy (non-hydrogen) atoms. The van der Waals surface area contributed by atoms with Gasteiger partial charge >= 0.3 is 5.97 Å². The molecule has 0 atom stereocenters. The minimum atomic E-state index is -0.732. The molecule has 3 heteroatoms. The van der Waals surface area contributed by atoms with E-state index in [0.717, 1.165) is 48.8 Å². The SMILES string of the molecule is O=C(O)CCCCCCCC(=O)c1ccc(-c2ccccc2)cc1. The maximum atomic E-state index is 12.2. The largest absolute Gasteiger partial charge is 0.481 e. The van der Waals surface area contributed by atoms with Gasteiger partial charge in [-0.15, -0.1) is 0 Å². The molecule has 0 spiro atoms. The summed E-state index contributed by atoms with van der Waals surface area (Å²) in [5.74, 6) is -0.552. The van der Waals surface area contributed by atoms with E-state index in [1.54, 1.807) is 0 Å². The molecule has 0 radical (unpaired) electrons. The number of carbonyl (C=O) groups excluding carboxylic acids is 1. The summed E-state index contributed by atoms with van der Waals surface area (Å²) in [4.78, 5) is 22.6. The van der Waals surface area contributed by atoms with Crippen LogP contribution in [-0.2, 0) is 4.79 Å². The number of rotatable bonds is 10. The number of ketones is 1. The van der Waals surface area contributed by atoms with Crippen molar-refractivity contribution in [2.24, 2.45) is 0 Å². The van der Waals surface area contributed by atoms with Gasteiger partial charge in [-0.05, 0) is 24.0 Å². The van der Waals surface area contributed by atoms with E-state index in [9.17, 15) is 9.59 Å². The summed E-state index contributed by atoms with van der Waals surface area (Å²) >= 11 is 0. The fourth-order valence-corrected chi connectivity index (χ4v) is 2.72. The van der Waals surface area contributed by atoms with Gasteiger partial charge in [0.2, 0.25) is 0 Å². The molecule has 126 valence electrons. The van der Waals surface area contributed by atoms with Gasteiger partial charge < -0.3 is 5.11 Å². The predicted octanol–water partition coefficient (Wildman–Crippen LogP) is 5.35. The van der Waals surface area contributed by atoms with Crippen LogP contribution in [0.1, 0.15) is 55.3 Å². The molecule has 0 amide bonds. The normalized spacial score (nSPS) is 10.5. The first-order valence-corrected chi connectivity index (χ1v) is 8.57. The number of unbranched alkanes of at least 4 members (excludes halogenated alkanes) is 4. The van der Waals surface area contributed by atoms with Crippen LogP contribution in [-0.4, -0.2) is 16.9 Å². The molecule has 1 N–H and O–H groups in total. The minimum Gasteiger partial charge on any atom is -0.481 e. The minimum absolute atomic E-state index is 0.181. The lowest BCUT2D eigenvalue weighted by atomic mass is 10.00. The van der Waals surface area contributed by atoms with Crippen molar-refractivity contribution in [3.63, 3.8) is 0 Å². The number of carboxylic acids is 1. The van der Waals surface area contributed by atoms with Crippen LogP contribution in [0.25, 0.3) is 11.1 Å². The van der Waals surface area contributed by atoms with E-state index in [1.807, 2.05) is 42.5 Å². The molecule has 0 aliphatic heterocycles. The van der Waals surface area contributed by atoms with Gasteiger partial charge in [0, 0.05) is 18.4 Å². The standard InChI is InChI=1S/C21H24O3/c22-20(11-7-2-1-3-8-12-21(23)24)19-15-13-18(14-16-19)17-9-5-4-6-10-17/h4-6,9-10,13-16H,1-3,7-8,11-12H2,(H,23,24). The molecule has 0 aromatic heterocycles. The third-order valence-corrected chi connectivity index (χ3v) is 4.11. The van der Waals surface area contributed by atoms with Gasteiger partial charge in [-0.2, -0.15) is 0 Å². The van der Waals surface area contributed by atoms with E-state index in [-0.39, 0.29) is 12.2 Å². The molecule has 0 aliphatic carbocycles. The van der Waals surface area contributed by atoms with Gasteiger partial charge in [-0.25, -0.2) is 0 Å². The Labute approximate surface area is 143 Å². The fourth-order valence-electron chi connectivity index (χ4n) is 2.72. The molecule has 0 saturated carbocycles. The number of aliphatic carboxylic acids is 1. The summed E-state index contributed by atoms with van der Waals surface area (Å²) < 4.78 is 0. The highest BCUT2D eigenvalue weighted by Gasteiger charge is 2.06. The summed E-state index contributed by atoms with van der Waals surface area (Å²) in [6.45, 7) is 0. The average molecular weight is 324 g/mol. The molecule has 0 heterocycles. The monoisotopic (exact) mass is 324 g/mol. The van der Waals surface area contributed by atoms with Gasteiger partial charge in [0.25, 0.3) is 0 Å². The Morgan fingerprint density at radius 3 is 1.83 bits per heavy atom. The quantitative estimate of drug-likeness (QED) is 0.473. The first kappa shape index (κ1) is 17.9. The maximum Gasteiger partial charge on any atom is 0.303 e. The average Bonchev–Trinajstić information content (AvgIpc) is 2.61. The van der Waals surface area contributed by atoms with Crippen molar-refractivity contribution < 1.29 is 14.7 Å². The van der Waals surface area contributed by atoms with Crippen molar-refractivity contribution in [3.05, 3.63) is 60.2 Å². The highest BCUT2D eigenvalue weighted by atomic mass is 16.4. The Morgan fingerprint density at radius 2 is 1.21 bits per heavy atom. The predicted molar refractivity (Wildman–Crippen MR) is 96.2 cm³/mol. The molecule has 0 aliphatic rings. The van der Waals surface area contributed by atoms with Crippen LogP contribution in [0.2, 0.25) is 0 Å². The molecule has 2 aromatic rings. The van der Waals surface area contributed by atoms with Crippen LogP contribution in [0.15, 0.2) is 54.6 Å². The molecule has 2 aromatic carbocycles. The van der Waals surface area contributed by atoms with Crippen molar-refractivity contribution in [2.75, 3.05) is 0 Å². The molecule has 0 fully saturated rings. The van der Waals surface area contributed by atoms with E-state index in [1.165, 1.54) is 0 Å². The van der Waals surface area contributed by atoms with Crippen LogP contribution >= 0.6 is 0 Å². The van der Waals surface area contributed by atoms with E-state index >= 15 is 0 Å². The summed E-state index contributed by atoms with van der Waals surface area (Å²) in [6, 6.07) is 17.9. The van der Waals surface area contributed by atoms with Crippen molar-refractivity contribution in [1.29, 1.82) is 0 Å². The lowest BCUT2D eigenvalue weighted by molar-refractivity contribution is -0.137. The third kappa shape index (κ3) is 5.99. The molecular weight excluding hydrogens is 300 g/mol. The van der Waals surface area contributed by atoms with Gasteiger partial charge in [0.05, 0.1) is 0 Å². The molecule has 3 nitrogen and oxygen atoms in total. The molecular formula is C21H24O3. The van der Waals surface area contributed by atoms with E-state index < -0.39 is 5.97 Å². The van der Waals surface area contributed by atoms with E-state index in [2.05, 4.69) is 12.1 Å². The van der Waals surface area contributed by atoms with Gasteiger partial charge in [-0.1, -0.05) is 73.9 Å². The summed E-state index contributed by atoms with van der Waals surface area (Å²) in [6.07, 6.45) is 5.29. The molecule has 0 unspecified atom stereocenters. The van der Waals surface area contributed by atoms with Crippen LogP contribution in [0.4, 0.5) is 0 Å². The number of Topliss-reactive ketones (excluding diaryl/α,β-unsaturated/α-hetero) is 1. The number of carboxylic acid groups (broad SMARTS) is 1. The number of hydrogen-bond donors (Lipinski definition) is 1. The van der Waals surface area contributed by atoms with Crippen LogP contribution in [0, 0.1) is 0 Å². The Bertz CT molecular complexity index is 645. The highest BCUT2D eigenvalue weighted by Crippen LogP contribution is 2.20. The fraction of sp³-hybridized carbons (Fsp3) is 0.333. The van der Waals surface area contributed by atoms with Gasteiger partial charge in [0.15, 0.2) is 5.78 Å². The smallest absolute Gasteiger partial charge is 0.303 e. The maximum absolute atomic E-state index is 12.2. The van der Waals surface area contributed by atoms with Crippen LogP contribution < -0.4 is 0 Å². The lowest BCUT2D eigenvalue weighted by Crippen LogP contribution is -1.99. The zero-order valence-electron chi connectivity index (χ0n) is 13.9. The zero-order valence-corrected chi connectivity index (χ0v) is 13.9. The second-order valence-electron chi connectivity index (χ2n) is 6.03. The van der Waals surface area contributed by atoms with Crippen LogP contribution in [0.5, 0.6) is 0 Å². The van der Waals surface area contributed by atoms with Gasteiger partial charge in [0.1, 0.15) is 0 Å². The third-order valence-electron chi connectivity index (χ3n) is 4.11. The highest BCUT2D eigenvalue weighted by molar-refractivity contribution is 5.96. The van der Waals surface area contributed by atoms with E-state index in [0.29, 0.717) is 6.42 Å². The summed E-state index contributed by atoms with van der Waals surface area (Å²) in [5.41, 5.74) is 3.03.